The van der Waals surface area contributed by atoms with Crippen molar-refractivity contribution in [2.45, 2.75) is 19.6 Å². The number of rotatable bonds is 6. The fraction of sp³-hybridized carbons (Fsp3) is 0.167. The molecule has 0 aliphatic heterocycles. The van der Waals surface area contributed by atoms with Gasteiger partial charge in [0.2, 0.25) is 0 Å². The fourth-order valence-corrected chi connectivity index (χ4v) is 2.85. The molecule has 1 heterocycles. The molecular formula is C18H16IN3O2. The number of benzene rings is 2. The van der Waals surface area contributed by atoms with E-state index in [4.69, 9.17) is 4.74 Å². The van der Waals surface area contributed by atoms with E-state index in [1.165, 1.54) is 0 Å². The molecule has 0 atom stereocenters. The van der Waals surface area contributed by atoms with Gasteiger partial charge in [-0.05, 0) is 33.7 Å². The van der Waals surface area contributed by atoms with E-state index in [0.29, 0.717) is 6.54 Å². The molecule has 0 spiro atoms. The van der Waals surface area contributed by atoms with E-state index in [9.17, 15) is 4.79 Å². The maximum atomic E-state index is 12.1. The Morgan fingerprint density at radius 3 is 2.29 bits per heavy atom. The highest BCUT2D eigenvalue weighted by Gasteiger charge is 2.16. The smallest absolute Gasteiger partial charge is 0.312 e. The Kier molecular flexibility index (Phi) is 5.58. The zero-order valence-electron chi connectivity index (χ0n) is 12.9. The van der Waals surface area contributed by atoms with Crippen molar-refractivity contribution >= 4 is 28.6 Å². The lowest BCUT2D eigenvalue weighted by atomic mass is 10.2. The van der Waals surface area contributed by atoms with Crippen molar-refractivity contribution in [2.75, 3.05) is 0 Å². The molecule has 0 aliphatic carbocycles. The third-order valence-corrected chi connectivity index (χ3v) is 4.36. The van der Waals surface area contributed by atoms with Crippen LogP contribution in [-0.4, -0.2) is 21.0 Å². The number of aromatic nitrogens is 3. The normalized spacial score (nSPS) is 10.5. The van der Waals surface area contributed by atoms with E-state index in [1.54, 1.807) is 4.68 Å². The third-order valence-electron chi connectivity index (χ3n) is 3.52. The minimum Gasteiger partial charge on any atom is -0.461 e. The first kappa shape index (κ1) is 16.6. The topological polar surface area (TPSA) is 57.0 Å². The van der Waals surface area contributed by atoms with Crippen LogP contribution in [0.2, 0.25) is 0 Å². The van der Waals surface area contributed by atoms with Gasteiger partial charge < -0.3 is 4.74 Å². The van der Waals surface area contributed by atoms with Crippen LogP contribution >= 0.6 is 22.6 Å². The molecule has 6 heteroatoms. The third kappa shape index (κ3) is 4.41. The SMILES string of the molecule is O=C(Cc1c(I)nnn1Cc1ccccc1)OCc1ccccc1. The van der Waals surface area contributed by atoms with Crippen LogP contribution in [0.5, 0.6) is 0 Å². The molecule has 3 aromatic rings. The summed E-state index contributed by atoms with van der Waals surface area (Å²) in [4.78, 5) is 12.1. The van der Waals surface area contributed by atoms with Crippen LogP contribution < -0.4 is 0 Å². The summed E-state index contributed by atoms with van der Waals surface area (Å²) in [6, 6.07) is 19.6. The molecule has 0 amide bonds. The number of halogens is 1. The summed E-state index contributed by atoms with van der Waals surface area (Å²) >= 11 is 2.10. The Hall–Kier alpha value is -2.22. The number of carbonyl (C=O) groups excluding carboxylic acids is 1. The largest absolute Gasteiger partial charge is 0.461 e. The predicted molar refractivity (Wildman–Crippen MR) is 98.2 cm³/mol. The Bertz CT molecular complexity index is 804. The van der Waals surface area contributed by atoms with Crippen LogP contribution in [0, 0.1) is 3.70 Å². The van der Waals surface area contributed by atoms with Crippen LogP contribution in [0.15, 0.2) is 60.7 Å². The summed E-state index contributed by atoms with van der Waals surface area (Å²) in [5.41, 5.74) is 2.85. The number of carbonyl (C=O) groups is 1. The number of hydrogen-bond acceptors (Lipinski definition) is 4. The van der Waals surface area contributed by atoms with Gasteiger partial charge in [-0.2, -0.15) is 0 Å². The van der Waals surface area contributed by atoms with Crippen LogP contribution in [0.4, 0.5) is 0 Å². The zero-order chi connectivity index (χ0) is 16.8. The molecule has 0 saturated carbocycles. The van der Waals surface area contributed by atoms with Gasteiger partial charge in [-0.3, -0.25) is 4.79 Å². The Morgan fingerprint density at radius 2 is 1.62 bits per heavy atom. The summed E-state index contributed by atoms with van der Waals surface area (Å²) in [7, 11) is 0. The Morgan fingerprint density at radius 1 is 1.00 bits per heavy atom. The molecule has 0 aliphatic rings. The lowest BCUT2D eigenvalue weighted by Crippen LogP contribution is -2.14. The summed E-state index contributed by atoms with van der Waals surface area (Å²) in [5.74, 6) is -0.284. The average Bonchev–Trinajstić information content (AvgIpc) is 2.95. The fourth-order valence-electron chi connectivity index (χ4n) is 2.28. The van der Waals surface area contributed by atoms with E-state index in [1.807, 2.05) is 60.7 Å². The van der Waals surface area contributed by atoms with Crippen molar-refractivity contribution in [1.82, 2.24) is 15.0 Å². The quantitative estimate of drug-likeness (QED) is 0.443. The minimum absolute atomic E-state index is 0.158. The lowest BCUT2D eigenvalue weighted by molar-refractivity contribution is -0.144. The minimum atomic E-state index is -0.284. The molecule has 0 N–H and O–H groups in total. The summed E-state index contributed by atoms with van der Waals surface area (Å²) in [6.45, 7) is 0.856. The maximum absolute atomic E-state index is 12.1. The highest BCUT2D eigenvalue weighted by atomic mass is 127. The number of hydrogen-bond donors (Lipinski definition) is 0. The van der Waals surface area contributed by atoms with Gasteiger partial charge in [0, 0.05) is 0 Å². The molecule has 1 aromatic heterocycles. The number of nitrogens with zero attached hydrogens (tertiary/aromatic N) is 3. The van der Waals surface area contributed by atoms with Crippen molar-refractivity contribution in [3.05, 3.63) is 81.2 Å². The summed E-state index contributed by atoms with van der Waals surface area (Å²) in [5, 5.41) is 8.21. The van der Waals surface area contributed by atoms with Gasteiger partial charge in [-0.15, -0.1) is 5.10 Å². The molecule has 0 bridgehead atoms. The van der Waals surface area contributed by atoms with E-state index in [0.717, 1.165) is 20.5 Å². The van der Waals surface area contributed by atoms with Crippen molar-refractivity contribution in [1.29, 1.82) is 0 Å². The molecule has 3 rings (SSSR count). The molecular weight excluding hydrogens is 417 g/mol. The van der Waals surface area contributed by atoms with E-state index in [-0.39, 0.29) is 19.0 Å². The second-order valence-electron chi connectivity index (χ2n) is 5.29. The van der Waals surface area contributed by atoms with Crippen molar-refractivity contribution < 1.29 is 9.53 Å². The predicted octanol–water partition coefficient (Wildman–Crippen LogP) is 3.22. The second-order valence-corrected chi connectivity index (χ2v) is 6.32. The van der Waals surface area contributed by atoms with Gasteiger partial charge in [-0.1, -0.05) is 65.9 Å². The Balaban J connectivity index is 1.64. The molecule has 0 saturated heterocycles. The highest BCUT2D eigenvalue weighted by molar-refractivity contribution is 14.1. The van der Waals surface area contributed by atoms with Crippen molar-refractivity contribution in [3.63, 3.8) is 0 Å². The summed E-state index contributed by atoms with van der Waals surface area (Å²) in [6.07, 6.45) is 0.158. The van der Waals surface area contributed by atoms with Crippen LogP contribution in [-0.2, 0) is 29.1 Å². The van der Waals surface area contributed by atoms with Gasteiger partial charge in [0.1, 0.15) is 10.3 Å². The maximum Gasteiger partial charge on any atom is 0.312 e. The van der Waals surface area contributed by atoms with Gasteiger partial charge in [0.05, 0.1) is 18.7 Å². The molecule has 5 nitrogen and oxygen atoms in total. The summed E-state index contributed by atoms with van der Waals surface area (Å²) < 4.78 is 7.82. The van der Waals surface area contributed by atoms with Crippen LogP contribution in [0.25, 0.3) is 0 Å². The van der Waals surface area contributed by atoms with E-state index >= 15 is 0 Å². The van der Waals surface area contributed by atoms with Gasteiger partial charge in [0.25, 0.3) is 0 Å². The standard InChI is InChI=1S/C18H16IN3O2/c19-18-16(11-17(23)24-13-15-9-5-2-6-10-15)22(21-20-18)12-14-7-3-1-4-8-14/h1-10H,11-13H2. The van der Waals surface area contributed by atoms with Gasteiger partial charge in [0.15, 0.2) is 0 Å². The van der Waals surface area contributed by atoms with Gasteiger partial charge >= 0.3 is 5.97 Å². The first-order valence-electron chi connectivity index (χ1n) is 7.53. The molecule has 0 radical (unpaired) electrons. The Labute approximate surface area is 153 Å². The molecule has 24 heavy (non-hydrogen) atoms. The number of esters is 1. The zero-order valence-corrected chi connectivity index (χ0v) is 15.1. The van der Waals surface area contributed by atoms with Crippen molar-refractivity contribution in [2.24, 2.45) is 0 Å². The lowest BCUT2D eigenvalue weighted by Gasteiger charge is -2.08. The monoisotopic (exact) mass is 433 g/mol. The average molecular weight is 433 g/mol. The van der Waals surface area contributed by atoms with Crippen LogP contribution in [0.3, 0.4) is 0 Å². The van der Waals surface area contributed by atoms with Crippen molar-refractivity contribution in [3.8, 4) is 0 Å². The molecule has 2 aromatic carbocycles. The van der Waals surface area contributed by atoms with Crippen LogP contribution in [0.1, 0.15) is 16.8 Å². The number of ether oxygens (including phenoxy) is 1. The molecule has 122 valence electrons. The first-order chi connectivity index (χ1) is 11.7. The van der Waals surface area contributed by atoms with E-state index < -0.39 is 0 Å². The van der Waals surface area contributed by atoms with Gasteiger partial charge in [-0.25, -0.2) is 4.68 Å². The first-order valence-corrected chi connectivity index (χ1v) is 8.61. The highest BCUT2D eigenvalue weighted by Crippen LogP contribution is 2.13. The molecule has 0 unspecified atom stereocenters. The molecule has 0 fully saturated rings. The second kappa shape index (κ2) is 8.05. The van der Waals surface area contributed by atoms with E-state index in [2.05, 4.69) is 32.9 Å².